The number of rotatable bonds is 6. The van der Waals surface area contributed by atoms with Crippen LogP contribution in [0.5, 0.6) is 11.5 Å². The van der Waals surface area contributed by atoms with Crippen LogP contribution in [0.4, 0.5) is 5.82 Å². The van der Waals surface area contributed by atoms with Crippen molar-refractivity contribution in [3.8, 4) is 11.5 Å². The van der Waals surface area contributed by atoms with Gasteiger partial charge in [0.25, 0.3) is 5.91 Å². The van der Waals surface area contributed by atoms with Crippen molar-refractivity contribution in [3.63, 3.8) is 0 Å². The number of halogens is 1. The molecule has 2 heterocycles. The smallest absolute Gasteiger partial charge is 0.257 e. The number of hydrogen-bond donors (Lipinski definition) is 1. The number of nitrogens with zero attached hydrogens (tertiary/aromatic N) is 3. The third-order valence-corrected chi connectivity index (χ3v) is 3.95. The molecule has 3 aromatic rings. The van der Waals surface area contributed by atoms with Crippen molar-refractivity contribution in [1.29, 1.82) is 0 Å². The lowest BCUT2D eigenvalue weighted by molar-refractivity contribution is 0.102. The summed E-state index contributed by atoms with van der Waals surface area (Å²) in [6, 6.07) is 8.62. The molecule has 26 heavy (non-hydrogen) atoms. The third kappa shape index (κ3) is 3.94. The molecule has 0 spiro atoms. The van der Waals surface area contributed by atoms with Crippen LogP contribution in [0.15, 0.2) is 48.9 Å². The summed E-state index contributed by atoms with van der Waals surface area (Å²) in [5.41, 5.74) is 1.41. The summed E-state index contributed by atoms with van der Waals surface area (Å²) in [7, 11) is 2.97. The van der Waals surface area contributed by atoms with Gasteiger partial charge in [-0.3, -0.25) is 14.5 Å². The Balaban J connectivity index is 1.73. The maximum Gasteiger partial charge on any atom is 0.257 e. The molecule has 0 bridgehead atoms. The zero-order valence-electron chi connectivity index (χ0n) is 14.3. The molecule has 0 saturated heterocycles. The highest BCUT2D eigenvalue weighted by molar-refractivity contribution is 6.32. The van der Waals surface area contributed by atoms with E-state index in [0.29, 0.717) is 34.4 Å². The molecule has 1 N–H and O–H groups in total. The number of nitrogens with one attached hydrogen (secondary N) is 1. The van der Waals surface area contributed by atoms with Gasteiger partial charge < -0.3 is 14.8 Å². The lowest BCUT2D eigenvalue weighted by Crippen LogP contribution is -2.13. The van der Waals surface area contributed by atoms with E-state index < -0.39 is 0 Å². The van der Waals surface area contributed by atoms with Crippen LogP contribution >= 0.6 is 11.6 Å². The van der Waals surface area contributed by atoms with Gasteiger partial charge in [0.05, 0.1) is 25.8 Å². The molecule has 3 rings (SSSR count). The lowest BCUT2D eigenvalue weighted by Gasteiger charge is -2.11. The van der Waals surface area contributed by atoms with Crippen molar-refractivity contribution in [1.82, 2.24) is 14.8 Å². The van der Waals surface area contributed by atoms with Crippen LogP contribution in [0.25, 0.3) is 0 Å². The normalized spacial score (nSPS) is 10.4. The molecule has 0 aliphatic rings. The van der Waals surface area contributed by atoms with Crippen molar-refractivity contribution in [2.45, 2.75) is 6.54 Å². The van der Waals surface area contributed by atoms with Crippen LogP contribution in [0.2, 0.25) is 5.02 Å². The van der Waals surface area contributed by atoms with Crippen molar-refractivity contribution in [2.75, 3.05) is 19.5 Å². The Kier molecular flexibility index (Phi) is 5.38. The van der Waals surface area contributed by atoms with Crippen molar-refractivity contribution in [3.05, 3.63) is 65.1 Å². The first kappa shape index (κ1) is 17.8. The summed E-state index contributed by atoms with van der Waals surface area (Å²) in [6.45, 7) is 0.584. The summed E-state index contributed by atoms with van der Waals surface area (Å²) in [5.74, 6) is 0.859. The third-order valence-electron chi connectivity index (χ3n) is 3.67. The Morgan fingerprint density at radius 2 is 1.96 bits per heavy atom. The van der Waals surface area contributed by atoms with Crippen molar-refractivity contribution in [2.24, 2.45) is 0 Å². The van der Waals surface area contributed by atoms with Gasteiger partial charge in [-0.25, -0.2) is 0 Å². The number of amides is 1. The second-order valence-corrected chi connectivity index (χ2v) is 5.81. The molecular formula is C18H17ClN4O3. The number of anilines is 1. The minimum absolute atomic E-state index is 0.292. The zero-order valence-corrected chi connectivity index (χ0v) is 15.0. The molecule has 0 aliphatic carbocycles. The average molecular weight is 373 g/mol. The molecule has 0 fully saturated rings. The first-order valence-corrected chi connectivity index (χ1v) is 8.13. The van der Waals surface area contributed by atoms with Crippen LogP contribution in [0.3, 0.4) is 0 Å². The SMILES string of the molecule is COc1cc(C(=O)Nc2ccn(Cc3ccncc3)n2)cc(Cl)c1OC. The number of hydrogen-bond acceptors (Lipinski definition) is 5. The number of ether oxygens (including phenoxy) is 2. The molecule has 0 radical (unpaired) electrons. The molecule has 134 valence electrons. The predicted molar refractivity (Wildman–Crippen MR) is 98.1 cm³/mol. The van der Waals surface area contributed by atoms with Crippen LogP contribution < -0.4 is 14.8 Å². The van der Waals surface area contributed by atoms with Crippen LogP contribution in [-0.2, 0) is 6.54 Å². The highest BCUT2D eigenvalue weighted by Crippen LogP contribution is 2.36. The van der Waals surface area contributed by atoms with E-state index in [-0.39, 0.29) is 5.91 Å². The molecule has 7 nitrogen and oxygen atoms in total. The summed E-state index contributed by atoms with van der Waals surface area (Å²) < 4.78 is 12.1. The second-order valence-electron chi connectivity index (χ2n) is 5.40. The summed E-state index contributed by atoms with van der Waals surface area (Å²) >= 11 is 6.15. The van der Waals surface area contributed by atoms with Gasteiger partial charge in [0.15, 0.2) is 17.3 Å². The van der Waals surface area contributed by atoms with Crippen molar-refractivity contribution >= 4 is 23.3 Å². The van der Waals surface area contributed by atoms with Crippen molar-refractivity contribution < 1.29 is 14.3 Å². The number of carbonyl (C=O) groups excluding carboxylic acids is 1. The topological polar surface area (TPSA) is 78.3 Å². The standard InChI is InChI=1S/C18H17ClN4O3/c1-25-15-10-13(9-14(19)17(15)26-2)18(24)21-16-5-8-23(22-16)11-12-3-6-20-7-4-12/h3-10H,11H2,1-2H3,(H,21,22,24). The maximum absolute atomic E-state index is 12.5. The van der Waals surface area contributed by atoms with E-state index in [1.807, 2.05) is 12.1 Å². The average Bonchev–Trinajstić information content (AvgIpc) is 3.08. The fourth-order valence-corrected chi connectivity index (χ4v) is 2.72. The zero-order chi connectivity index (χ0) is 18.5. The molecule has 0 unspecified atom stereocenters. The molecule has 1 aromatic carbocycles. The molecule has 0 saturated carbocycles. The fourth-order valence-electron chi connectivity index (χ4n) is 2.43. The van der Waals surface area contributed by atoms with Gasteiger partial charge in [0, 0.05) is 30.2 Å². The monoisotopic (exact) mass is 372 g/mol. The number of carbonyl (C=O) groups is 1. The van der Waals surface area contributed by atoms with Crippen LogP contribution in [0, 0.1) is 0 Å². The Morgan fingerprint density at radius 1 is 1.19 bits per heavy atom. The predicted octanol–water partition coefficient (Wildman–Crippen LogP) is 3.25. The Morgan fingerprint density at radius 3 is 2.65 bits per heavy atom. The number of benzene rings is 1. The van der Waals surface area contributed by atoms with Gasteiger partial charge in [0.1, 0.15) is 0 Å². The first-order chi connectivity index (χ1) is 12.6. The van der Waals surface area contributed by atoms with Gasteiger partial charge in [-0.05, 0) is 29.8 Å². The van der Waals surface area contributed by atoms with E-state index in [1.54, 1.807) is 35.4 Å². The molecule has 0 aliphatic heterocycles. The minimum atomic E-state index is -0.345. The molecule has 2 aromatic heterocycles. The molecule has 8 heteroatoms. The Labute approximate surface area is 155 Å². The number of methoxy groups -OCH3 is 2. The molecular weight excluding hydrogens is 356 g/mol. The summed E-state index contributed by atoms with van der Waals surface area (Å²) in [4.78, 5) is 16.5. The highest BCUT2D eigenvalue weighted by Gasteiger charge is 2.16. The largest absolute Gasteiger partial charge is 0.493 e. The van der Waals surface area contributed by atoms with Gasteiger partial charge in [-0.15, -0.1) is 0 Å². The van der Waals surface area contributed by atoms with E-state index >= 15 is 0 Å². The van der Waals surface area contributed by atoms with Crippen LogP contribution in [-0.4, -0.2) is 34.9 Å². The second kappa shape index (κ2) is 7.88. The molecule has 1 amide bonds. The highest BCUT2D eigenvalue weighted by atomic mass is 35.5. The fraction of sp³-hybridized carbons (Fsp3) is 0.167. The summed E-state index contributed by atoms with van der Waals surface area (Å²) in [5, 5.41) is 7.38. The minimum Gasteiger partial charge on any atom is -0.493 e. The van der Waals surface area contributed by atoms with Gasteiger partial charge in [0.2, 0.25) is 0 Å². The Bertz CT molecular complexity index is 912. The maximum atomic E-state index is 12.5. The summed E-state index contributed by atoms with van der Waals surface area (Å²) in [6.07, 6.45) is 5.24. The quantitative estimate of drug-likeness (QED) is 0.718. The molecule has 0 atom stereocenters. The van der Waals surface area contributed by atoms with Gasteiger partial charge in [-0.2, -0.15) is 5.10 Å². The van der Waals surface area contributed by atoms with Gasteiger partial charge >= 0.3 is 0 Å². The lowest BCUT2D eigenvalue weighted by atomic mass is 10.2. The van der Waals surface area contributed by atoms with E-state index in [9.17, 15) is 4.79 Å². The van der Waals surface area contributed by atoms with E-state index in [2.05, 4.69) is 15.4 Å². The van der Waals surface area contributed by atoms with E-state index in [4.69, 9.17) is 21.1 Å². The Hall–Kier alpha value is -3.06. The number of pyridine rings is 1. The van der Waals surface area contributed by atoms with E-state index in [0.717, 1.165) is 5.56 Å². The van der Waals surface area contributed by atoms with Gasteiger partial charge in [-0.1, -0.05) is 11.6 Å². The van der Waals surface area contributed by atoms with Crippen LogP contribution in [0.1, 0.15) is 15.9 Å². The van der Waals surface area contributed by atoms with E-state index in [1.165, 1.54) is 20.3 Å². The number of aromatic nitrogens is 3. The first-order valence-electron chi connectivity index (χ1n) is 7.76.